The lowest BCUT2D eigenvalue weighted by molar-refractivity contribution is 0.0954. The van der Waals surface area contributed by atoms with Gasteiger partial charge >= 0.3 is 0 Å². The summed E-state index contributed by atoms with van der Waals surface area (Å²) >= 11 is 0. The van der Waals surface area contributed by atoms with E-state index in [1.165, 1.54) is 32.4 Å². The monoisotopic (exact) mass is 460 g/mol. The van der Waals surface area contributed by atoms with E-state index < -0.39 is 0 Å². The van der Waals surface area contributed by atoms with Crippen LogP contribution in [0.25, 0.3) is 0 Å². The molecule has 0 aromatic carbocycles. The molecule has 0 bridgehead atoms. The number of nitrogens with one attached hydrogen (secondary N) is 3. The first-order valence-electron chi connectivity index (χ1n) is 8.64. The van der Waals surface area contributed by atoms with Crippen molar-refractivity contribution in [3.8, 4) is 0 Å². The summed E-state index contributed by atoms with van der Waals surface area (Å²) < 4.78 is 0. The molecular weight excluding hydrogens is 431 g/mol. The minimum Gasteiger partial charge on any atom is -0.355 e. The van der Waals surface area contributed by atoms with Gasteiger partial charge in [0.15, 0.2) is 5.96 Å². The number of piperidine rings is 1. The van der Waals surface area contributed by atoms with Crippen LogP contribution in [-0.2, 0) is 0 Å². The number of hydrogen-bond acceptors (Lipinski definition) is 4. The number of carbonyl (C=O) groups excluding carboxylic acids is 1. The molecule has 1 aromatic rings. The quantitative estimate of drug-likeness (QED) is 0.246. The molecular formula is C17H29IN6O. The second kappa shape index (κ2) is 12.9. The van der Waals surface area contributed by atoms with E-state index in [1.54, 1.807) is 31.6 Å². The van der Waals surface area contributed by atoms with Gasteiger partial charge in [0.25, 0.3) is 5.91 Å². The summed E-state index contributed by atoms with van der Waals surface area (Å²) in [6.45, 7) is 5.47. The average Bonchev–Trinajstić information content (AvgIpc) is 2.65. The Morgan fingerprint density at radius 3 is 2.56 bits per heavy atom. The Hall–Kier alpha value is -1.42. The summed E-state index contributed by atoms with van der Waals surface area (Å²) in [5.74, 6) is 0.653. The molecule has 2 rings (SSSR count). The third-order valence-corrected chi connectivity index (χ3v) is 4.02. The van der Waals surface area contributed by atoms with Crippen molar-refractivity contribution in [2.45, 2.75) is 19.3 Å². The highest BCUT2D eigenvalue weighted by atomic mass is 127. The molecule has 1 aliphatic heterocycles. The van der Waals surface area contributed by atoms with Crippen LogP contribution in [0.4, 0.5) is 0 Å². The summed E-state index contributed by atoms with van der Waals surface area (Å²) in [4.78, 5) is 22.5. The maximum Gasteiger partial charge on any atom is 0.252 e. The molecule has 8 heteroatoms. The minimum absolute atomic E-state index is 0. The fraction of sp³-hybridized carbons (Fsp3) is 0.588. The van der Waals surface area contributed by atoms with Crippen molar-refractivity contribution in [2.24, 2.45) is 4.99 Å². The number of carbonyl (C=O) groups is 1. The Labute approximate surface area is 167 Å². The molecule has 3 N–H and O–H groups in total. The predicted octanol–water partition coefficient (Wildman–Crippen LogP) is 1.08. The molecule has 1 amide bonds. The molecule has 140 valence electrons. The fourth-order valence-corrected chi connectivity index (χ4v) is 2.69. The van der Waals surface area contributed by atoms with Crippen LogP contribution >= 0.6 is 24.0 Å². The van der Waals surface area contributed by atoms with Gasteiger partial charge in [-0.1, -0.05) is 6.42 Å². The number of likely N-dealkylation sites (tertiary alicyclic amines) is 1. The van der Waals surface area contributed by atoms with Gasteiger partial charge in [0, 0.05) is 45.6 Å². The van der Waals surface area contributed by atoms with E-state index >= 15 is 0 Å². The molecule has 0 unspecified atom stereocenters. The zero-order valence-electron chi connectivity index (χ0n) is 14.8. The van der Waals surface area contributed by atoms with Crippen LogP contribution in [0.3, 0.4) is 0 Å². The summed E-state index contributed by atoms with van der Waals surface area (Å²) in [5.41, 5.74) is 0.571. The zero-order chi connectivity index (χ0) is 17.0. The van der Waals surface area contributed by atoms with Crippen molar-refractivity contribution in [3.63, 3.8) is 0 Å². The van der Waals surface area contributed by atoms with Gasteiger partial charge in [-0.05, 0) is 38.1 Å². The molecule has 0 aliphatic carbocycles. The van der Waals surface area contributed by atoms with Gasteiger partial charge in [0.1, 0.15) is 0 Å². The molecule has 0 saturated carbocycles. The van der Waals surface area contributed by atoms with Crippen molar-refractivity contribution in [3.05, 3.63) is 30.1 Å². The molecule has 7 nitrogen and oxygen atoms in total. The largest absolute Gasteiger partial charge is 0.355 e. The Bertz CT molecular complexity index is 519. The maximum atomic E-state index is 11.9. The number of nitrogens with zero attached hydrogens (tertiary/aromatic N) is 3. The van der Waals surface area contributed by atoms with E-state index in [0.29, 0.717) is 18.7 Å². The summed E-state index contributed by atoms with van der Waals surface area (Å²) in [5, 5.41) is 9.37. The van der Waals surface area contributed by atoms with E-state index in [1.807, 2.05) is 0 Å². The van der Waals surface area contributed by atoms with Crippen LogP contribution in [0.15, 0.2) is 29.5 Å². The zero-order valence-corrected chi connectivity index (χ0v) is 17.2. The lowest BCUT2D eigenvalue weighted by Gasteiger charge is -2.26. The Kier molecular flexibility index (Phi) is 11.1. The van der Waals surface area contributed by atoms with Crippen LogP contribution in [-0.4, -0.2) is 68.1 Å². The predicted molar refractivity (Wildman–Crippen MR) is 112 cm³/mol. The number of aromatic nitrogens is 1. The van der Waals surface area contributed by atoms with Gasteiger partial charge in [0.05, 0.1) is 5.56 Å². The second-order valence-electron chi connectivity index (χ2n) is 5.83. The van der Waals surface area contributed by atoms with Gasteiger partial charge in [-0.2, -0.15) is 0 Å². The smallest absolute Gasteiger partial charge is 0.252 e. The lowest BCUT2D eigenvalue weighted by Crippen LogP contribution is -2.44. The number of halogens is 1. The molecule has 25 heavy (non-hydrogen) atoms. The van der Waals surface area contributed by atoms with Gasteiger partial charge in [-0.25, -0.2) is 0 Å². The highest BCUT2D eigenvalue weighted by Gasteiger charge is 2.09. The molecule has 0 radical (unpaired) electrons. The highest BCUT2D eigenvalue weighted by Crippen LogP contribution is 2.07. The van der Waals surface area contributed by atoms with E-state index in [9.17, 15) is 4.79 Å². The van der Waals surface area contributed by atoms with Crippen LogP contribution in [0, 0.1) is 0 Å². The van der Waals surface area contributed by atoms with Crippen LogP contribution in [0.5, 0.6) is 0 Å². The topological polar surface area (TPSA) is 81.6 Å². The fourth-order valence-electron chi connectivity index (χ4n) is 2.69. The van der Waals surface area contributed by atoms with Crippen molar-refractivity contribution < 1.29 is 4.79 Å². The number of guanidine groups is 1. The van der Waals surface area contributed by atoms with Gasteiger partial charge in [0.2, 0.25) is 0 Å². The number of aliphatic imine (C=N–C) groups is 1. The molecule has 2 heterocycles. The van der Waals surface area contributed by atoms with Crippen molar-refractivity contribution in [2.75, 3.05) is 46.3 Å². The lowest BCUT2D eigenvalue weighted by atomic mass is 10.1. The standard InChI is InChI=1S/C17H28N6O.HI/c1-18-17(22-10-13-23-11-3-2-4-12-23)21-9-8-20-16(24)15-6-5-7-19-14-15;/h5-7,14H,2-4,8-13H2,1H3,(H,20,24)(H2,18,21,22);1H. The van der Waals surface area contributed by atoms with Crippen molar-refractivity contribution in [1.29, 1.82) is 0 Å². The van der Waals surface area contributed by atoms with Gasteiger partial charge < -0.3 is 20.9 Å². The van der Waals surface area contributed by atoms with Crippen LogP contribution in [0.2, 0.25) is 0 Å². The van der Waals surface area contributed by atoms with Crippen molar-refractivity contribution in [1.82, 2.24) is 25.8 Å². The Morgan fingerprint density at radius 1 is 1.16 bits per heavy atom. The van der Waals surface area contributed by atoms with E-state index in [-0.39, 0.29) is 29.9 Å². The SMILES string of the molecule is CN=C(NCCNC(=O)c1cccnc1)NCCN1CCCCC1.I. The number of amides is 1. The van der Waals surface area contributed by atoms with E-state index in [2.05, 4.69) is 30.8 Å². The van der Waals surface area contributed by atoms with Gasteiger partial charge in [-0.15, -0.1) is 24.0 Å². The first kappa shape index (κ1) is 21.6. The van der Waals surface area contributed by atoms with E-state index in [4.69, 9.17) is 0 Å². The summed E-state index contributed by atoms with van der Waals surface area (Å²) in [6.07, 6.45) is 7.19. The first-order valence-corrected chi connectivity index (χ1v) is 8.64. The molecule has 0 atom stereocenters. The Balaban J connectivity index is 0.00000312. The van der Waals surface area contributed by atoms with Crippen molar-refractivity contribution >= 4 is 35.8 Å². The van der Waals surface area contributed by atoms with Gasteiger partial charge in [-0.3, -0.25) is 14.8 Å². The number of pyridine rings is 1. The molecule has 0 spiro atoms. The van der Waals surface area contributed by atoms with Crippen LogP contribution < -0.4 is 16.0 Å². The third kappa shape index (κ3) is 8.48. The number of hydrogen-bond donors (Lipinski definition) is 3. The van der Waals surface area contributed by atoms with E-state index in [0.717, 1.165) is 19.0 Å². The third-order valence-electron chi connectivity index (χ3n) is 4.02. The summed E-state index contributed by atoms with van der Waals surface area (Å²) in [6, 6.07) is 3.50. The Morgan fingerprint density at radius 2 is 1.88 bits per heavy atom. The maximum absolute atomic E-state index is 11.9. The number of rotatable bonds is 7. The first-order chi connectivity index (χ1) is 11.8. The minimum atomic E-state index is -0.113. The van der Waals surface area contributed by atoms with Crippen LogP contribution in [0.1, 0.15) is 29.6 Å². The highest BCUT2D eigenvalue weighted by molar-refractivity contribution is 14.0. The average molecular weight is 460 g/mol. The molecule has 1 fully saturated rings. The molecule has 1 saturated heterocycles. The molecule has 1 aromatic heterocycles. The summed E-state index contributed by atoms with van der Waals surface area (Å²) in [7, 11) is 1.75. The second-order valence-corrected chi connectivity index (χ2v) is 5.83. The normalized spacial score (nSPS) is 15.2. The molecule has 1 aliphatic rings.